The van der Waals surface area contributed by atoms with Crippen LogP contribution < -0.4 is 5.32 Å². The third-order valence-electron chi connectivity index (χ3n) is 3.78. The number of halogens is 2. The van der Waals surface area contributed by atoms with E-state index in [0.29, 0.717) is 18.0 Å². The highest BCUT2D eigenvalue weighted by atomic mass is 79.9. The molecule has 1 aliphatic carbocycles. The number of carbonyl (C=O) groups excluding carboxylic acids is 1. The van der Waals surface area contributed by atoms with Gasteiger partial charge in [-0.25, -0.2) is 0 Å². The summed E-state index contributed by atoms with van der Waals surface area (Å²) in [7, 11) is 0. The summed E-state index contributed by atoms with van der Waals surface area (Å²) in [6, 6.07) is 5.67. The van der Waals surface area contributed by atoms with Crippen molar-refractivity contribution in [3.8, 4) is 0 Å². The van der Waals surface area contributed by atoms with E-state index in [0.717, 1.165) is 22.9 Å². The predicted molar refractivity (Wildman–Crippen MR) is 82.8 cm³/mol. The molecule has 0 saturated heterocycles. The first-order valence-electron chi connectivity index (χ1n) is 6.76. The van der Waals surface area contributed by atoms with Crippen LogP contribution in [0.1, 0.15) is 41.6 Å². The molecule has 0 bridgehead atoms. The summed E-state index contributed by atoms with van der Waals surface area (Å²) in [6.45, 7) is 2.68. The van der Waals surface area contributed by atoms with Crippen LogP contribution in [0.5, 0.6) is 0 Å². The summed E-state index contributed by atoms with van der Waals surface area (Å²) in [6.07, 6.45) is 4.62. The minimum Gasteiger partial charge on any atom is -0.352 e. The van der Waals surface area contributed by atoms with Crippen molar-refractivity contribution in [2.24, 2.45) is 5.92 Å². The zero-order valence-electron chi connectivity index (χ0n) is 11.1. The minimum absolute atomic E-state index is 0.0184. The highest BCUT2D eigenvalue weighted by Crippen LogP contribution is 2.28. The third kappa shape index (κ3) is 3.96. The van der Waals surface area contributed by atoms with Crippen molar-refractivity contribution < 1.29 is 4.79 Å². The van der Waals surface area contributed by atoms with Gasteiger partial charge >= 0.3 is 0 Å². The van der Waals surface area contributed by atoms with Gasteiger partial charge in [0.2, 0.25) is 0 Å². The van der Waals surface area contributed by atoms with Crippen LogP contribution in [0.3, 0.4) is 0 Å². The van der Waals surface area contributed by atoms with Crippen LogP contribution in [0, 0.1) is 12.8 Å². The number of nitrogens with one attached hydrogen (secondary N) is 1. The summed E-state index contributed by atoms with van der Waals surface area (Å²) < 4.78 is 0.966. The first-order chi connectivity index (χ1) is 9.08. The second-order valence-electron chi connectivity index (χ2n) is 5.23. The molecule has 0 aromatic heterocycles. The average Bonchev–Trinajstić information content (AvgIpc) is 2.40. The fourth-order valence-electron chi connectivity index (χ4n) is 2.45. The molecule has 2 atom stereocenters. The third-order valence-corrected chi connectivity index (χ3v) is 5.20. The van der Waals surface area contributed by atoms with Crippen molar-refractivity contribution >= 4 is 33.4 Å². The van der Waals surface area contributed by atoms with E-state index in [1.54, 1.807) is 0 Å². The molecule has 104 valence electrons. The van der Waals surface area contributed by atoms with E-state index < -0.39 is 0 Å². The number of hydrogen-bond acceptors (Lipinski definition) is 1. The smallest absolute Gasteiger partial charge is 0.251 e. The van der Waals surface area contributed by atoms with Crippen molar-refractivity contribution in [3.63, 3.8) is 0 Å². The molecule has 1 N–H and O–H groups in total. The van der Waals surface area contributed by atoms with Crippen LogP contribution in [0.25, 0.3) is 0 Å². The molecule has 0 radical (unpaired) electrons. The van der Waals surface area contributed by atoms with Crippen molar-refractivity contribution in [1.82, 2.24) is 5.32 Å². The SMILES string of the molecule is Cc1ccc(C(=O)NCC2CCCCC2Cl)cc1Br. The number of amides is 1. The number of alkyl halides is 1. The van der Waals surface area contributed by atoms with E-state index in [2.05, 4.69) is 21.2 Å². The number of carbonyl (C=O) groups is 1. The monoisotopic (exact) mass is 343 g/mol. The first-order valence-corrected chi connectivity index (χ1v) is 7.99. The maximum atomic E-state index is 12.1. The predicted octanol–water partition coefficient (Wildman–Crippen LogP) is 4.28. The van der Waals surface area contributed by atoms with E-state index >= 15 is 0 Å². The Balaban J connectivity index is 1.91. The van der Waals surface area contributed by atoms with Gasteiger partial charge in [-0.1, -0.05) is 34.8 Å². The number of aryl methyl sites for hydroxylation is 1. The summed E-state index contributed by atoms with van der Waals surface area (Å²) in [5.74, 6) is 0.392. The minimum atomic E-state index is -0.0184. The molecule has 2 rings (SSSR count). The van der Waals surface area contributed by atoms with Crippen LogP contribution in [0.15, 0.2) is 22.7 Å². The molecular formula is C15H19BrClNO. The fraction of sp³-hybridized carbons (Fsp3) is 0.533. The molecule has 1 amide bonds. The van der Waals surface area contributed by atoms with Gasteiger partial charge in [-0.15, -0.1) is 11.6 Å². The van der Waals surface area contributed by atoms with E-state index in [1.807, 2.05) is 25.1 Å². The van der Waals surface area contributed by atoms with E-state index in [4.69, 9.17) is 11.6 Å². The Morgan fingerprint density at radius 2 is 2.16 bits per heavy atom. The Hall–Kier alpha value is -0.540. The Labute approximate surface area is 128 Å². The standard InChI is InChI=1S/C15H19BrClNO/c1-10-6-7-11(8-13(10)16)15(19)18-9-12-4-2-3-5-14(12)17/h6-8,12,14H,2-5,9H2,1H3,(H,18,19). The van der Waals surface area contributed by atoms with Crippen molar-refractivity contribution in [2.75, 3.05) is 6.54 Å². The molecule has 2 nitrogen and oxygen atoms in total. The average molecular weight is 345 g/mol. The zero-order valence-corrected chi connectivity index (χ0v) is 13.4. The second-order valence-corrected chi connectivity index (χ2v) is 6.65. The maximum Gasteiger partial charge on any atom is 0.251 e. The molecule has 0 spiro atoms. The molecule has 4 heteroatoms. The Morgan fingerprint density at radius 1 is 1.42 bits per heavy atom. The zero-order chi connectivity index (χ0) is 13.8. The fourth-order valence-corrected chi connectivity index (χ4v) is 3.20. The van der Waals surface area contributed by atoms with Gasteiger partial charge in [-0.3, -0.25) is 4.79 Å². The molecule has 1 aromatic rings. The lowest BCUT2D eigenvalue weighted by Crippen LogP contribution is -2.34. The molecular weight excluding hydrogens is 326 g/mol. The molecule has 1 aromatic carbocycles. The summed E-state index contributed by atoms with van der Waals surface area (Å²) in [5.41, 5.74) is 1.82. The van der Waals surface area contributed by atoms with E-state index in [-0.39, 0.29) is 11.3 Å². The Kier molecular flexibility index (Phi) is 5.28. The Bertz CT molecular complexity index is 463. The topological polar surface area (TPSA) is 29.1 Å². The van der Waals surface area contributed by atoms with Crippen LogP contribution in [0.2, 0.25) is 0 Å². The van der Waals surface area contributed by atoms with Crippen LogP contribution >= 0.6 is 27.5 Å². The van der Waals surface area contributed by atoms with Gasteiger partial charge in [0.05, 0.1) is 0 Å². The van der Waals surface area contributed by atoms with Gasteiger partial charge in [-0.2, -0.15) is 0 Å². The van der Waals surface area contributed by atoms with Crippen LogP contribution in [0.4, 0.5) is 0 Å². The summed E-state index contributed by atoms with van der Waals surface area (Å²) in [4.78, 5) is 12.1. The lowest BCUT2D eigenvalue weighted by molar-refractivity contribution is 0.0944. The number of rotatable bonds is 3. The Morgan fingerprint density at radius 3 is 2.84 bits per heavy atom. The quantitative estimate of drug-likeness (QED) is 0.815. The molecule has 0 aliphatic heterocycles. The van der Waals surface area contributed by atoms with E-state index in [1.165, 1.54) is 12.8 Å². The van der Waals surface area contributed by atoms with Gasteiger partial charge in [0.25, 0.3) is 5.91 Å². The molecule has 0 heterocycles. The number of hydrogen-bond donors (Lipinski definition) is 1. The van der Waals surface area contributed by atoms with Crippen molar-refractivity contribution in [3.05, 3.63) is 33.8 Å². The molecule has 2 unspecified atom stereocenters. The normalized spacial score (nSPS) is 23.1. The van der Waals surface area contributed by atoms with Crippen LogP contribution in [-0.2, 0) is 0 Å². The first kappa shape index (κ1) is 14.9. The van der Waals surface area contributed by atoms with Gasteiger partial charge in [0, 0.05) is 22.0 Å². The van der Waals surface area contributed by atoms with Crippen molar-refractivity contribution in [1.29, 1.82) is 0 Å². The molecule has 1 saturated carbocycles. The van der Waals surface area contributed by atoms with E-state index in [9.17, 15) is 4.79 Å². The van der Waals surface area contributed by atoms with Crippen molar-refractivity contribution in [2.45, 2.75) is 38.0 Å². The molecule has 1 fully saturated rings. The maximum absolute atomic E-state index is 12.1. The highest BCUT2D eigenvalue weighted by molar-refractivity contribution is 9.10. The number of benzene rings is 1. The van der Waals surface area contributed by atoms with Gasteiger partial charge in [-0.05, 0) is 43.4 Å². The molecule has 1 aliphatic rings. The lowest BCUT2D eigenvalue weighted by atomic mass is 9.88. The summed E-state index contributed by atoms with van der Waals surface area (Å²) >= 11 is 9.75. The largest absolute Gasteiger partial charge is 0.352 e. The molecule has 19 heavy (non-hydrogen) atoms. The van der Waals surface area contributed by atoms with Crippen LogP contribution in [-0.4, -0.2) is 17.8 Å². The van der Waals surface area contributed by atoms with Gasteiger partial charge in [0.1, 0.15) is 0 Å². The lowest BCUT2D eigenvalue weighted by Gasteiger charge is -2.27. The van der Waals surface area contributed by atoms with Gasteiger partial charge < -0.3 is 5.32 Å². The van der Waals surface area contributed by atoms with Gasteiger partial charge in [0.15, 0.2) is 0 Å². The second kappa shape index (κ2) is 6.76. The summed E-state index contributed by atoms with van der Waals surface area (Å²) in [5, 5.41) is 3.21. The highest BCUT2D eigenvalue weighted by Gasteiger charge is 2.23.